The molecule has 0 spiro atoms. The van der Waals surface area contributed by atoms with Crippen molar-refractivity contribution in [2.75, 3.05) is 0 Å². The first-order valence-corrected chi connectivity index (χ1v) is 11.6. The number of halogens is 3. The molecule has 0 fully saturated rings. The van der Waals surface area contributed by atoms with Crippen LogP contribution in [-0.2, 0) is 32.4 Å². The van der Waals surface area contributed by atoms with Crippen LogP contribution in [0, 0.1) is 6.92 Å². The van der Waals surface area contributed by atoms with E-state index in [0.29, 0.717) is 31.0 Å². The minimum atomic E-state index is -4.43. The summed E-state index contributed by atoms with van der Waals surface area (Å²) in [6, 6.07) is 26.7. The molecule has 3 aromatic carbocycles. The maximum atomic E-state index is 12.9. The van der Waals surface area contributed by atoms with E-state index in [2.05, 4.69) is 46.6 Å². The second kappa shape index (κ2) is 11.3. The molecule has 0 aliphatic rings. The van der Waals surface area contributed by atoms with E-state index in [1.54, 1.807) is 12.1 Å². The maximum absolute atomic E-state index is 12.9. The van der Waals surface area contributed by atoms with E-state index >= 15 is 0 Å². The summed E-state index contributed by atoms with van der Waals surface area (Å²) in [6.45, 7) is 3.91. The summed E-state index contributed by atoms with van der Waals surface area (Å²) in [7, 11) is 0. The number of carbonyl (C=O) groups is 1. The van der Waals surface area contributed by atoms with Gasteiger partial charge < -0.3 is 9.73 Å². The van der Waals surface area contributed by atoms with Crippen LogP contribution in [0.4, 0.5) is 13.2 Å². The van der Waals surface area contributed by atoms with Gasteiger partial charge in [0.15, 0.2) is 5.76 Å². The highest BCUT2D eigenvalue weighted by molar-refractivity contribution is 5.91. The molecule has 4 rings (SSSR count). The average molecular weight is 493 g/mol. The molecule has 1 N–H and O–H groups in total. The van der Waals surface area contributed by atoms with Crippen molar-refractivity contribution in [3.05, 3.63) is 130 Å². The predicted octanol–water partition coefficient (Wildman–Crippen LogP) is 6.74. The zero-order valence-corrected chi connectivity index (χ0v) is 19.9. The van der Waals surface area contributed by atoms with Crippen molar-refractivity contribution >= 4 is 5.91 Å². The summed E-state index contributed by atoms with van der Waals surface area (Å²) >= 11 is 0. The molecule has 186 valence electrons. The van der Waals surface area contributed by atoms with Gasteiger partial charge in [-0.3, -0.25) is 9.69 Å². The first-order valence-electron chi connectivity index (χ1n) is 11.6. The van der Waals surface area contributed by atoms with Crippen molar-refractivity contribution in [2.45, 2.75) is 39.3 Å². The van der Waals surface area contributed by atoms with Gasteiger partial charge in [-0.25, -0.2) is 0 Å². The largest absolute Gasteiger partial charge is 0.455 e. The van der Waals surface area contributed by atoms with Crippen molar-refractivity contribution in [2.24, 2.45) is 0 Å². The lowest BCUT2D eigenvalue weighted by molar-refractivity contribution is -0.137. The molecule has 7 heteroatoms. The molecule has 0 saturated carbocycles. The Morgan fingerprint density at radius 3 is 2.17 bits per heavy atom. The number of nitrogens with one attached hydrogen (secondary N) is 1. The van der Waals surface area contributed by atoms with Crippen LogP contribution in [-0.4, -0.2) is 10.8 Å². The van der Waals surface area contributed by atoms with Gasteiger partial charge in [-0.15, -0.1) is 0 Å². The van der Waals surface area contributed by atoms with Gasteiger partial charge in [-0.2, -0.15) is 13.2 Å². The Bertz CT molecular complexity index is 1280. The van der Waals surface area contributed by atoms with Gasteiger partial charge in [-0.1, -0.05) is 72.3 Å². The van der Waals surface area contributed by atoms with Crippen LogP contribution in [0.3, 0.4) is 0 Å². The number of benzene rings is 3. The highest BCUT2D eigenvalue weighted by Gasteiger charge is 2.30. The molecular weight excluding hydrogens is 465 g/mol. The average Bonchev–Trinajstić information content (AvgIpc) is 3.33. The molecule has 0 unspecified atom stereocenters. The van der Waals surface area contributed by atoms with Crippen molar-refractivity contribution in [3.63, 3.8) is 0 Å². The highest BCUT2D eigenvalue weighted by atomic mass is 19.4. The van der Waals surface area contributed by atoms with Crippen molar-refractivity contribution < 1.29 is 22.4 Å². The number of rotatable bonds is 9. The summed E-state index contributed by atoms with van der Waals surface area (Å²) in [5.41, 5.74) is 3.14. The summed E-state index contributed by atoms with van der Waals surface area (Å²) in [5.74, 6) is 0.265. The molecule has 4 nitrogen and oxygen atoms in total. The van der Waals surface area contributed by atoms with Crippen LogP contribution in [0.1, 0.15) is 44.1 Å². The van der Waals surface area contributed by atoms with Crippen LogP contribution in [0.2, 0.25) is 0 Å². The molecule has 0 aliphatic heterocycles. The second-order valence-electron chi connectivity index (χ2n) is 8.76. The van der Waals surface area contributed by atoms with E-state index in [4.69, 9.17) is 4.42 Å². The van der Waals surface area contributed by atoms with Gasteiger partial charge in [0.1, 0.15) is 5.76 Å². The number of hydrogen-bond donors (Lipinski definition) is 1. The van der Waals surface area contributed by atoms with Crippen molar-refractivity contribution in [1.82, 2.24) is 10.2 Å². The number of nitrogens with zero attached hydrogens (tertiary/aromatic N) is 1. The summed E-state index contributed by atoms with van der Waals surface area (Å²) < 4.78 is 44.6. The first kappa shape index (κ1) is 25.3. The number of carbonyl (C=O) groups excluding carboxylic acids is 1. The molecule has 1 aromatic heterocycles. The van der Waals surface area contributed by atoms with E-state index in [1.165, 1.54) is 23.3 Å². The lowest BCUT2D eigenvalue weighted by atomic mass is 10.1. The monoisotopic (exact) mass is 492 g/mol. The zero-order chi connectivity index (χ0) is 25.5. The maximum Gasteiger partial charge on any atom is 0.416 e. The third-order valence-electron chi connectivity index (χ3n) is 5.75. The van der Waals surface area contributed by atoms with Crippen LogP contribution in [0.15, 0.2) is 95.4 Å². The van der Waals surface area contributed by atoms with E-state index in [0.717, 1.165) is 17.7 Å². The Kier molecular flexibility index (Phi) is 7.90. The van der Waals surface area contributed by atoms with Crippen LogP contribution < -0.4 is 5.32 Å². The number of alkyl halides is 3. The molecule has 0 bridgehead atoms. The Morgan fingerprint density at radius 1 is 0.806 bits per heavy atom. The summed E-state index contributed by atoms with van der Waals surface area (Å²) in [5, 5.41) is 2.63. The molecule has 1 heterocycles. The number of aryl methyl sites for hydroxylation is 1. The third kappa shape index (κ3) is 7.09. The first-order chi connectivity index (χ1) is 17.3. The van der Waals surface area contributed by atoms with Gasteiger partial charge in [0.05, 0.1) is 12.1 Å². The van der Waals surface area contributed by atoms with Gasteiger partial charge in [0.2, 0.25) is 0 Å². The minimum absolute atomic E-state index is 0.0354. The van der Waals surface area contributed by atoms with E-state index < -0.39 is 17.6 Å². The zero-order valence-electron chi connectivity index (χ0n) is 19.9. The summed E-state index contributed by atoms with van der Waals surface area (Å²) in [6.07, 6.45) is -4.43. The lowest BCUT2D eigenvalue weighted by Gasteiger charge is -2.21. The molecule has 36 heavy (non-hydrogen) atoms. The van der Waals surface area contributed by atoms with Crippen LogP contribution >= 0.6 is 0 Å². The standard InChI is InChI=1S/C29H27F3N2O2/c1-21-10-12-23(13-11-21)19-34(18-22-6-3-2-4-7-22)20-26-14-15-27(36-26)28(35)33-17-24-8-5-9-25(16-24)29(30,31)32/h2-16H,17-20H2,1H3,(H,33,35). The fourth-order valence-corrected chi connectivity index (χ4v) is 3.89. The summed E-state index contributed by atoms with van der Waals surface area (Å²) in [4.78, 5) is 14.8. The molecule has 0 saturated heterocycles. The van der Waals surface area contributed by atoms with Crippen molar-refractivity contribution in [1.29, 1.82) is 0 Å². The van der Waals surface area contributed by atoms with Gasteiger partial charge >= 0.3 is 6.18 Å². The topological polar surface area (TPSA) is 45.5 Å². The smallest absolute Gasteiger partial charge is 0.416 e. The molecule has 4 aromatic rings. The van der Waals surface area contributed by atoms with Gasteiger partial charge in [-0.05, 0) is 47.9 Å². The Labute approximate surface area is 208 Å². The third-order valence-corrected chi connectivity index (χ3v) is 5.75. The quantitative estimate of drug-likeness (QED) is 0.282. The Balaban J connectivity index is 1.41. The van der Waals surface area contributed by atoms with E-state index in [-0.39, 0.29) is 12.3 Å². The fourth-order valence-electron chi connectivity index (χ4n) is 3.89. The minimum Gasteiger partial charge on any atom is -0.455 e. The predicted molar refractivity (Wildman–Crippen MR) is 132 cm³/mol. The fraction of sp³-hybridized carbons (Fsp3) is 0.207. The lowest BCUT2D eigenvalue weighted by Crippen LogP contribution is -2.23. The second-order valence-corrected chi connectivity index (χ2v) is 8.76. The molecule has 0 atom stereocenters. The Hall–Kier alpha value is -3.84. The highest BCUT2D eigenvalue weighted by Crippen LogP contribution is 2.29. The van der Waals surface area contributed by atoms with Gasteiger partial charge in [0, 0.05) is 19.6 Å². The van der Waals surface area contributed by atoms with Crippen LogP contribution in [0.25, 0.3) is 0 Å². The van der Waals surface area contributed by atoms with Crippen molar-refractivity contribution in [3.8, 4) is 0 Å². The number of amides is 1. The number of furan rings is 1. The van der Waals surface area contributed by atoms with E-state index in [1.807, 2.05) is 25.1 Å². The normalized spacial score (nSPS) is 11.6. The van der Waals surface area contributed by atoms with Crippen LogP contribution in [0.5, 0.6) is 0 Å². The molecular formula is C29H27F3N2O2. The molecule has 1 amide bonds. The number of hydrogen-bond acceptors (Lipinski definition) is 3. The Morgan fingerprint density at radius 2 is 1.47 bits per heavy atom. The van der Waals surface area contributed by atoms with Gasteiger partial charge in [0.25, 0.3) is 5.91 Å². The SMILES string of the molecule is Cc1ccc(CN(Cc2ccccc2)Cc2ccc(C(=O)NCc3cccc(C(F)(F)F)c3)o2)cc1. The molecule has 0 aliphatic carbocycles. The van der Waals surface area contributed by atoms with E-state index in [9.17, 15) is 18.0 Å². The molecule has 0 radical (unpaired) electrons.